The van der Waals surface area contributed by atoms with Crippen molar-refractivity contribution in [2.75, 3.05) is 6.61 Å². The SMILES string of the molecule is Cc1cc(-n2c(C)cc(C(=O)COC(=O)/C(=C/c3ccccc3)n3nnnc3C)c2C)no1. The molecule has 0 saturated heterocycles. The maximum absolute atomic E-state index is 12.9. The Balaban J connectivity index is 1.55. The number of carbonyl (C=O) groups excluding carboxylic acids is 2. The minimum atomic E-state index is -0.719. The summed E-state index contributed by atoms with van der Waals surface area (Å²) < 4.78 is 13.6. The molecule has 4 rings (SSSR count). The molecule has 4 aromatic rings. The van der Waals surface area contributed by atoms with E-state index in [9.17, 15) is 9.59 Å². The lowest BCUT2D eigenvalue weighted by Crippen LogP contribution is -2.19. The van der Waals surface area contributed by atoms with Crippen molar-refractivity contribution < 1.29 is 18.8 Å². The van der Waals surface area contributed by atoms with E-state index in [1.165, 1.54) is 4.68 Å². The number of nitrogens with zero attached hydrogens (tertiary/aromatic N) is 6. The van der Waals surface area contributed by atoms with Crippen LogP contribution >= 0.6 is 0 Å². The number of ether oxygens (including phenoxy) is 1. The van der Waals surface area contributed by atoms with Crippen molar-refractivity contribution in [3.05, 3.63) is 76.6 Å². The van der Waals surface area contributed by atoms with E-state index < -0.39 is 12.6 Å². The Labute approximate surface area is 189 Å². The molecule has 3 heterocycles. The fraction of sp³-hybridized carbons (Fsp3) is 0.217. The smallest absolute Gasteiger partial charge is 0.357 e. The number of aromatic nitrogens is 6. The summed E-state index contributed by atoms with van der Waals surface area (Å²) in [5.41, 5.74) is 2.79. The van der Waals surface area contributed by atoms with Gasteiger partial charge in [-0.25, -0.2) is 4.79 Å². The quantitative estimate of drug-likeness (QED) is 0.241. The van der Waals surface area contributed by atoms with Crippen molar-refractivity contribution in [2.45, 2.75) is 27.7 Å². The van der Waals surface area contributed by atoms with Gasteiger partial charge in [-0.05, 0) is 55.8 Å². The van der Waals surface area contributed by atoms with Crippen molar-refractivity contribution in [3.63, 3.8) is 0 Å². The highest BCUT2D eigenvalue weighted by Gasteiger charge is 2.22. The van der Waals surface area contributed by atoms with E-state index in [-0.39, 0.29) is 11.5 Å². The molecule has 0 radical (unpaired) electrons. The largest absolute Gasteiger partial charge is 0.453 e. The molecule has 0 fully saturated rings. The Morgan fingerprint density at radius 1 is 1.09 bits per heavy atom. The summed E-state index contributed by atoms with van der Waals surface area (Å²) in [6, 6.07) is 12.7. The number of Topliss-reactive ketones (excluding diaryl/α,β-unsaturated/α-hetero) is 1. The van der Waals surface area contributed by atoms with Gasteiger partial charge in [-0.2, -0.15) is 4.68 Å². The molecular formula is C23H22N6O4. The molecule has 0 atom stereocenters. The summed E-state index contributed by atoms with van der Waals surface area (Å²) in [7, 11) is 0. The van der Waals surface area contributed by atoms with Crippen LogP contribution in [-0.4, -0.2) is 48.3 Å². The lowest BCUT2D eigenvalue weighted by molar-refractivity contribution is -0.136. The van der Waals surface area contributed by atoms with Gasteiger partial charge in [0.2, 0.25) is 5.78 Å². The third-order valence-electron chi connectivity index (χ3n) is 5.08. The second-order valence-electron chi connectivity index (χ2n) is 7.49. The number of rotatable bonds is 7. The summed E-state index contributed by atoms with van der Waals surface area (Å²) in [5, 5.41) is 15.3. The van der Waals surface area contributed by atoms with Gasteiger partial charge in [-0.3, -0.25) is 9.36 Å². The van der Waals surface area contributed by atoms with E-state index in [4.69, 9.17) is 9.26 Å². The number of aryl methyl sites for hydroxylation is 3. The summed E-state index contributed by atoms with van der Waals surface area (Å²) in [5.74, 6) is 0.599. The molecule has 0 aliphatic heterocycles. The predicted molar refractivity (Wildman–Crippen MR) is 118 cm³/mol. The molecule has 0 bridgehead atoms. The Morgan fingerprint density at radius 3 is 2.48 bits per heavy atom. The van der Waals surface area contributed by atoms with E-state index in [2.05, 4.69) is 20.7 Å². The topological polar surface area (TPSA) is 118 Å². The van der Waals surface area contributed by atoms with Crippen LogP contribution in [0.25, 0.3) is 17.6 Å². The van der Waals surface area contributed by atoms with E-state index in [1.807, 2.05) is 41.8 Å². The van der Waals surface area contributed by atoms with Crippen LogP contribution in [0.4, 0.5) is 0 Å². The average Bonchev–Trinajstić information content (AvgIpc) is 3.49. The molecule has 0 aliphatic rings. The van der Waals surface area contributed by atoms with Gasteiger partial charge in [0, 0.05) is 23.0 Å². The summed E-state index contributed by atoms with van der Waals surface area (Å²) >= 11 is 0. The molecule has 1 aromatic carbocycles. The number of ketones is 1. The lowest BCUT2D eigenvalue weighted by atomic mass is 10.1. The van der Waals surface area contributed by atoms with Gasteiger partial charge in [-0.15, -0.1) is 5.10 Å². The molecule has 0 aliphatic carbocycles. The van der Waals surface area contributed by atoms with E-state index in [0.717, 1.165) is 11.3 Å². The minimum absolute atomic E-state index is 0.0973. The van der Waals surface area contributed by atoms with Gasteiger partial charge in [-0.1, -0.05) is 35.5 Å². The third-order valence-corrected chi connectivity index (χ3v) is 5.08. The number of hydrogen-bond acceptors (Lipinski definition) is 8. The summed E-state index contributed by atoms with van der Waals surface area (Å²) in [6.45, 7) is 6.69. The second-order valence-corrected chi connectivity index (χ2v) is 7.49. The maximum Gasteiger partial charge on any atom is 0.357 e. The van der Waals surface area contributed by atoms with E-state index >= 15 is 0 Å². The van der Waals surface area contributed by atoms with E-state index in [1.54, 1.807) is 39.0 Å². The fourth-order valence-corrected chi connectivity index (χ4v) is 3.51. The highest BCUT2D eigenvalue weighted by atomic mass is 16.5. The number of tetrazole rings is 1. The maximum atomic E-state index is 12.9. The molecule has 0 N–H and O–H groups in total. The normalized spacial score (nSPS) is 11.6. The number of hydrogen-bond donors (Lipinski definition) is 0. The first-order chi connectivity index (χ1) is 15.8. The van der Waals surface area contributed by atoms with Crippen LogP contribution in [0.1, 0.15) is 38.9 Å². The van der Waals surface area contributed by atoms with E-state index in [0.29, 0.717) is 28.7 Å². The number of carbonyl (C=O) groups is 2. The van der Waals surface area contributed by atoms with Gasteiger partial charge in [0.05, 0.1) is 0 Å². The van der Waals surface area contributed by atoms with Gasteiger partial charge in [0.15, 0.2) is 23.9 Å². The van der Waals surface area contributed by atoms with Crippen molar-refractivity contribution in [3.8, 4) is 5.82 Å². The van der Waals surface area contributed by atoms with Crippen LogP contribution in [0.3, 0.4) is 0 Å². The third kappa shape index (κ3) is 4.49. The summed E-state index contributed by atoms with van der Waals surface area (Å²) in [6.07, 6.45) is 1.61. The molecule has 0 saturated carbocycles. The van der Waals surface area contributed by atoms with Crippen molar-refractivity contribution in [1.82, 2.24) is 29.9 Å². The zero-order valence-corrected chi connectivity index (χ0v) is 18.6. The van der Waals surface area contributed by atoms with Crippen LogP contribution in [0.5, 0.6) is 0 Å². The highest BCUT2D eigenvalue weighted by molar-refractivity contribution is 6.16. The molecular weight excluding hydrogens is 424 g/mol. The summed E-state index contributed by atoms with van der Waals surface area (Å²) in [4.78, 5) is 25.8. The zero-order chi connectivity index (χ0) is 23.5. The minimum Gasteiger partial charge on any atom is -0.453 e. The molecule has 168 valence electrons. The Kier molecular flexibility index (Phi) is 5.99. The predicted octanol–water partition coefficient (Wildman–Crippen LogP) is 3.11. The van der Waals surface area contributed by atoms with Crippen LogP contribution < -0.4 is 0 Å². The Morgan fingerprint density at radius 2 is 1.85 bits per heavy atom. The number of benzene rings is 1. The standard InChI is InChI=1S/C23H22N6O4/c1-14-10-19(16(3)28(14)22-11-15(2)33-25-22)21(30)13-32-23(31)20(29-17(4)24-26-27-29)12-18-8-6-5-7-9-18/h5-12H,13H2,1-4H3/b20-12-. The molecule has 0 spiro atoms. The molecule has 33 heavy (non-hydrogen) atoms. The van der Waals surface area contributed by atoms with Crippen molar-refractivity contribution in [2.24, 2.45) is 0 Å². The van der Waals surface area contributed by atoms with Crippen LogP contribution in [0.2, 0.25) is 0 Å². The van der Waals surface area contributed by atoms with Crippen LogP contribution in [-0.2, 0) is 9.53 Å². The van der Waals surface area contributed by atoms with Crippen LogP contribution in [0, 0.1) is 27.7 Å². The van der Waals surface area contributed by atoms with Gasteiger partial charge in [0.25, 0.3) is 0 Å². The molecule has 0 unspecified atom stereocenters. The van der Waals surface area contributed by atoms with Crippen LogP contribution in [0.15, 0.2) is 47.0 Å². The lowest BCUT2D eigenvalue weighted by Gasteiger charge is -2.09. The monoisotopic (exact) mass is 446 g/mol. The first-order valence-electron chi connectivity index (χ1n) is 10.2. The van der Waals surface area contributed by atoms with Gasteiger partial charge < -0.3 is 9.26 Å². The first kappa shape index (κ1) is 21.9. The van der Waals surface area contributed by atoms with Gasteiger partial charge >= 0.3 is 5.97 Å². The Hall–Kier alpha value is -4.34. The number of esters is 1. The Bertz CT molecular complexity index is 1350. The second kappa shape index (κ2) is 9.03. The molecule has 3 aromatic heterocycles. The fourth-order valence-electron chi connectivity index (χ4n) is 3.51. The molecule has 10 heteroatoms. The average molecular weight is 446 g/mol. The molecule has 10 nitrogen and oxygen atoms in total. The zero-order valence-electron chi connectivity index (χ0n) is 18.6. The first-order valence-corrected chi connectivity index (χ1v) is 10.2. The van der Waals surface area contributed by atoms with Crippen molar-refractivity contribution >= 4 is 23.5 Å². The highest BCUT2D eigenvalue weighted by Crippen LogP contribution is 2.21. The molecule has 0 amide bonds. The van der Waals surface area contributed by atoms with Gasteiger partial charge in [0.1, 0.15) is 5.76 Å². The van der Waals surface area contributed by atoms with Crippen molar-refractivity contribution in [1.29, 1.82) is 0 Å².